The molecule has 0 aliphatic rings. The summed E-state index contributed by atoms with van der Waals surface area (Å²) < 4.78 is 46.8. The Labute approximate surface area is 185 Å². The molecule has 2 aromatic heterocycles. The predicted molar refractivity (Wildman–Crippen MR) is 117 cm³/mol. The molecular weight excluding hydrogens is 435 g/mol. The minimum atomic E-state index is -4.30. The van der Waals surface area contributed by atoms with Crippen molar-refractivity contribution in [1.82, 2.24) is 14.7 Å². The second-order valence-corrected chi connectivity index (χ2v) is 9.78. The summed E-state index contributed by atoms with van der Waals surface area (Å²) >= 11 is 0. The molecule has 1 aromatic carbocycles. The molecule has 0 atom stereocenters. The van der Waals surface area contributed by atoms with Crippen LogP contribution in [0.1, 0.15) is 42.4 Å². The van der Waals surface area contributed by atoms with E-state index in [1.54, 1.807) is 13.0 Å². The van der Waals surface area contributed by atoms with Crippen LogP contribution in [-0.2, 0) is 15.4 Å². The first-order valence-electron chi connectivity index (χ1n) is 9.62. The van der Waals surface area contributed by atoms with Crippen molar-refractivity contribution in [3.8, 4) is 11.6 Å². The largest absolute Gasteiger partial charge is 0.438 e. The monoisotopic (exact) mass is 458 g/mol. The van der Waals surface area contributed by atoms with E-state index >= 15 is 0 Å². The number of hydrogen-bond acceptors (Lipinski definition) is 7. The first kappa shape index (κ1) is 23.1. The summed E-state index contributed by atoms with van der Waals surface area (Å²) in [7, 11) is -4.30. The highest BCUT2D eigenvalue weighted by molar-refractivity contribution is 7.90. The van der Waals surface area contributed by atoms with E-state index < -0.39 is 26.8 Å². The molecule has 168 valence electrons. The Morgan fingerprint density at radius 1 is 1.09 bits per heavy atom. The van der Waals surface area contributed by atoms with Gasteiger partial charge in [-0.15, -0.1) is 0 Å². The molecule has 0 unspecified atom stereocenters. The van der Waals surface area contributed by atoms with Crippen molar-refractivity contribution in [2.45, 2.75) is 38.1 Å². The van der Waals surface area contributed by atoms with Crippen LogP contribution in [0, 0.1) is 12.7 Å². The van der Waals surface area contributed by atoms with Crippen LogP contribution in [0.2, 0.25) is 0 Å². The zero-order valence-electron chi connectivity index (χ0n) is 18.0. The van der Waals surface area contributed by atoms with Crippen LogP contribution in [0.5, 0.6) is 11.6 Å². The fraction of sp³-hybridized carbons (Fsp3) is 0.227. The van der Waals surface area contributed by atoms with Gasteiger partial charge in [0.05, 0.1) is 0 Å². The first-order chi connectivity index (χ1) is 14.9. The zero-order chi connectivity index (χ0) is 23.7. The number of anilines is 1. The lowest BCUT2D eigenvalue weighted by Crippen LogP contribution is -2.32. The van der Waals surface area contributed by atoms with E-state index in [2.05, 4.69) is 9.97 Å². The molecule has 3 N–H and O–H groups in total. The van der Waals surface area contributed by atoms with Crippen LogP contribution in [0.15, 0.2) is 53.6 Å². The molecule has 10 heteroatoms. The molecule has 0 bridgehead atoms. The van der Waals surface area contributed by atoms with Crippen LogP contribution in [-0.4, -0.2) is 24.3 Å². The van der Waals surface area contributed by atoms with Crippen LogP contribution in [0.25, 0.3) is 0 Å². The number of amides is 1. The Balaban J connectivity index is 2.00. The average Bonchev–Trinajstić information content (AvgIpc) is 2.69. The van der Waals surface area contributed by atoms with Gasteiger partial charge in [-0.2, -0.15) is 8.42 Å². The maximum atomic E-state index is 14.0. The molecule has 0 aliphatic heterocycles. The smallest absolute Gasteiger partial charge is 0.281 e. The molecule has 32 heavy (non-hydrogen) atoms. The molecule has 3 rings (SSSR count). The first-order valence-corrected chi connectivity index (χ1v) is 11.1. The molecule has 0 aliphatic carbocycles. The number of nitrogens with zero attached hydrogens (tertiary/aromatic N) is 2. The highest BCUT2D eigenvalue weighted by Crippen LogP contribution is 2.29. The van der Waals surface area contributed by atoms with Gasteiger partial charge in [0, 0.05) is 17.2 Å². The number of halogens is 1. The van der Waals surface area contributed by atoms with E-state index in [9.17, 15) is 17.6 Å². The van der Waals surface area contributed by atoms with E-state index in [0.29, 0.717) is 11.3 Å². The number of nitrogen functional groups attached to an aromatic ring is 1. The minimum absolute atomic E-state index is 0.0121. The number of hydrogen-bond donors (Lipinski definition) is 2. The number of aryl methyl sites for hydroxylation is 1. The van der Waals surface area contributed by atoms with Gasteiger partial charge in [-0.1, -0.05) is 32.9 Å². The third kappa shape index (κ3) is 5.20. The number of rotatable bonds is 5. The molecule has 0 spiro atoms. The fourth-order valence-electron chi connectivity index (χ4n) is 2.67. The Bertz CT molecular complexity index is 1290. The molecule has 0 fully saturated rings. The van der Waals surface area contributed by atoms with Gasteiger partial charge in [0.1, 0.15) is 22.9 Å². The van der Waals surface area contributed by atoms with Crippen molar-refractivity contribution < 1.29 is 22.3 Å². The third-order valence-corrected chi connectivity index (χ3v) is 5.71. The predicted octanol–water partition coefficient (Wildman–Crippen LogP) is 3.71. The van der Waals surface area contributed by atoms with Crippen LogP contribution >= 0.6 is 0 Å². The minimum Gasteiger partial charge on any atom is -0.438 e. The molecule has 0 saturated carbocycles. The van der Waals surface area contributed by atoms with Gasteiger partial charge >= 0.3 is 0 Å². The van der Waals surface area contributed by atoms with E-state index in [-0.39, 0.29) is 28.4 Å². The van der Waals surface area contributed by atoms with Gasteiger partial charge in [0.2, 0.25) is 5.88 Å². The van der Waals surface area contributed by atoms with Gasteiger partial charge < -0.3 is 10.5 Å². The lowest BCUT2D eigenvalue weighted by Gasteiger charge is -2.20. The number of nitrogens with two attached hydrogens (primary N) is 1. The van der Waals surface area contributed by atoms with Gasteiger partial charge in [-0.05, 0) is 42.8 Å². The summed E-state index contributed by atoms with van der Waals surface area (Å²) in [6.07, 6.45) is 0. The number of ether oxygens (including phenoxy) is 1. The van der Waals surface area contributed by atoms with Gasteiger partial charge in [0.25, 0.3) is 15.9 Å². The number of carbonyl (C=O) groups excluding carboxylic acids is 1. The summed E-state index contributed by atoms with van der Waals surface area (Å²) in [5, 5.41) is -0.409. The molecule has 8 nitrogen and oxygen atoms in total. The topological polar surface area (TPSA) is 124 Å². The quantitative estimate of drug-likeness (QED) is 0.597. The summed E-state index contributed by atoms with van der Waals surface area (Å²) in [5.74, 6) is -1.53. The number of aromatic nitrogens is 2. The Morgan fingerprint density at radius 3 is 2.44 bits per heavy atom. The third-order valence-electron chi connectivity index (χ3n) is 4.48. The standard InChI is InChI=1S/C22H23FN4O4S/c1-13-8-9-14(12-16(13)23)31-21-15(10-11-17(25-21)22(2,3)4)20(28)27-32(29,30)19-7-5-6-18(24)26-19/h5-12H,1-4H3,(H2,24,26)(H,27,28). The number of sulfonamides is 1. The molecule has 0 saturated heterocycles. The van der Waals surface area contributed by atoms with Crippen molar-refractivity contribution in [2.75, 3.05) is 5.73 Å². The second kappa shape index (κ2) is 8.54. The van der Waals surface area contributed by atoms with Gasteiger partial charge in [-0.25, -0.2) is 19.1 Å². The van der Waals surface area contributed by atoms with Crippen LogP contribution in [0.4, 0.5) is 10.2 Å². The molecule has 3 aromatic rings. The zero-order valence-corrected chi connectivity index (χ0v) is 18.8. The normalized spacial score (nSPS) is 11.8. The molecule has 1 amide bonds. The lowest BCUT2D eigenvalue weighted by molar-refractivity contribution is 0.0978. The summed E-state index contributed by atoms with van der Waals surface area (Å²) in [5.41, 5.74) is 6.02. The number of pyridine rings is 2. The summed E-state index contributed by atoms with van der Waals surface area (Å²) in [4.78, 5) is 21.0. The Kier molecular flexibility index (Phi) is 6.18. The molecule has 0 radical (unpaired) electrons. The number of carbonyl (C=O) groups is 1. The average molecular weight is 459 g/mol. The summed E-state index contributed by atoms with van der Waals surface area (Å²) in [6, 6.07) is 11.3. The highest BCUT2D eigenvalue weighted by atomic mass is 32.2. The number of nitrogens with one attached hydrogen (secondary N) is 1. The van der Waals surface area contributed by atoms with Crippen molar-refractivity contribution in [3.05, 3.63) is 71.2 Å². The Morgan fingerprint density at radius 2 is 1.81 bits per heavy atom. The fourth-order valence-corrected chi connectivity index (χ4v) is 3.61. The van der Waals surface area contributed by atoms with Crippen molar-refractivity contribution in [1.29, 1.82) is 0 Å². The van der Waals surface area contributed by atoms with E-state index in [1.165, 1.54) is 36.4 Å². The number of benzene rings is 1. The van der Waals surface area contributed by atoms with Crippen molar-refractivity contribution in [3.63, 3.8) is 0 Å². The lowest BCUT2D eigenvalue weighted by atomic mass is 9.91. The highest BCUT2D eigenvalue weighted by Gasteiger charge is 2.26. The van der Waals surface area contributed by atoms with Crippen molar-refractivity contribution >= 4 is 21.7 Å². The van der Waals surface area contributed by atoms with E-state index in [0.717, 1.165) is 6.07 Å². The molecular formula is C22H23FN4O4S. The summed E-state index contributed by atoms with van der Waals surface area (Å²) in [6.45, 7) is 7.35. The van der Waals surface area contributed by atoms with Crippen LogP contribution in [0.3, 0.4) is 0 Å². The molecule has 2 heterocycles. The second-order valence-electron chi connectivity index (χ2n) is 8.15. The maximum absolute atomic E-state index is 14.0. The van der Waals surface area contributed by atoms with E-state index in [1.807, 2.05) is 25.5 Å². The van der Waals surface area contributed by atoms with E-state index in [4.69, 9.17) is 10.5 Å². The maximum Gasteiger partial charge on any atom is 0.281 e. The van der Waals surface area contributed by atoms with Gasteiger partial charge in [-0.3, -0.25) is 4.79 Å². The SMILES string of the molecule is Cc1ccc(Oc2nc(C(C)(C)C)ccc2C(=O)NS(=O)(=O)c2cccc(N)n2)cc1F. The van der Waals surface area contributed by atoms with Gasteiger partial charge in [0.15, 0.2) is 5.03 Å². The van der Waals surface area contributed by atoms with Crippen LogP contribution < -0.4 is 15.2 Å². The Hall–Kier alpha value is -3.53. The van der Waals surface area contributed by atoms with Crippen molar-refractivity contribution in [2.24, 2.45) is 0 Å².